The fourth-order valence-electron chi connectivity index (χ4n) is 3.45. The van der Waals surface area contributed by atoms with Gasteiger partial charge in [0, 0.05) is 6.04 Å². The Balaban J connectivity index is 2.04. The summed E-state index contributed by atoms with van der Waals surface area (Å²) in [7, 11) is 0. The maximum absolute atomic E-state index is 6.33. The van der Waals surface area contributed by atoms with Crippen molar-refractivity contribution in [3.63, 3.8) is 0 Å². The lowest BCUT2D eigenvalue weighted by atomic mass is 9.75. The van der Waals surface area contributed by atoms with E-state index in [1.54, 1.807) is 0 Å². The molecular weight excluding hydrogens is 258 g/mol. The van der Waals surface area contributed by atoms with E-state index in [0.29, 0.717) is 17.9 Å². The molecule has 1 aromatic rings. The molecule has 0 saturated heterocycles. The van der Waals surface area contributed by atoms with Crippen LogP contribution in [0.4, 0.5) is 0 Å². The molecule has 118 valence electrons. The van der Waals surface area contributed by atoms with E-state index in [2.05, 4.69) is 52.0 Å². The predicted molar refractivity (Wildman–Crippen MR) is 89.4 cm³/mol. The first kappa shape index (κ1) is 16.4. The molecule has 3 unspecified atom stereocenters. The molecule has 1 aliphatic rings. The molecular formula is C19H31NO. The van der Waals surface area contributed by atoms with Crippen LogP contribution in [0.1, 0.15) is 65.0 Å². The second kappa shape index (κ2) is 7.31. The topological polar surface area (TPSA) is 35.2 Å². The zero-order chi connectivity index (χ0) is 15.4. The number of benzene rings is 1. The van der Waals surface area contributed by atoms with Gasteiger partial charge in [0.1, 0.15) is 11.9 Å². The second-order valence-electron chi connectivity index (χ2n) is 7.07. The maximum atomic E-state index is 6.33. The molecule has 0 aromatic heterocycles. The van der Waals surface area contributed by atoms with Crippen LogP contribution in [0.2, 0.25) is 0 Å². The predicted octanol–water partition coefficient (Wildman–Crippen LogP) is 4.94. The van der Waals surface area contributed by atoms with E-state index in [1.165, 1.54) is 24.8 Å². The number of rotatable bonds is 5. The third-order valence-electron chi connectivity index (χ3n) is 5.00. The highest BCUT2D eigenvalue weighted by Gasteiger charge is 2.32. The van der Waals surface area contributed by atoms with Crippen molar-refractivity contribution in [1.29, 1.82) is 0 Å². The SMILES string of the molecule is CC[C@H](N)c1ccc(OC2CC(C)CCC2C(C)C)cc1. The summed E-state index contributed by atoms with van der Waals surface area (Å²) in [6.07, 6.45) is 5.14. The highest BCUT2D eigenvalue weighted by molar-refractivity contribution is 5.29. The Morgan fingerprint density at radius 1 is 1.19 bits per heavy atom. The fraction of sp³-hybridized carbons (Fsp3) is 0.684. The van der Waals surface area contributed by atoms with E-state index < -0.39 is 0 Å². The van der Waals surface area contributed by atoms with Crippen LogP contribution in [-0.2, 0) is 0 Å². The summed E-state index contributed by atoms with van der Waals surface area (Å²) in [6, 6.07) is 8.53. The van der Waals surface area contributed by atoms with Crippen molar-refractivity contribution in [3.05, 3.63) is 29.8 Å². The third-order valence-corrected chi connectivity index (χ3v) is 5.00. The Hall–Kier alpha value is -1.02. The third kappa shape index (κ3) is 4.23. The van der Waals surface area contributed by atoms with Crippen molar-refractivity contribution >= 4 is 0 Å². The summed E-state index contributed by atoms with van der Waals surface area (Å²) in [5, 5.41) is 0. The molecule has 1 aliphatic carbocycles. The van der Waals surface area contributed by atoms with Crippen molar-refractivity contribution in [1.82, 2.24) is 0 Å². The molecule has 2 nitrogen and oxygen atoms in total. The van der Waals surface area contributed by atoms with Gasteiger partial charge in [-0.3, -0.25) is 0 Å². The van der Waals surface area contributed by atoms with Crippen molar-refractivity contribution in [3.8, 4) is 5.75 Å². The molecule has 0 amide bonds. The summed E-state index contributed by atoms with van der Waals surface area (Å²) in [4.78, 5) is 0. The minimum absolute atomic E-state index is 0.136. The number of nitrogens with two attached hydrogens (primary N) is 1. The van der Waals surface area contributed by atoms with Crippen molar-refractivity contribution in [2.75, 3.05) is 0 Å². The maximum Gasteiger partial charge on any atom is 0.119 e. The highest BCUT2D eigenvalue weighted by atomic mass is 16.5. The van der Waals surface area contributed by atoms with Crippen LogP contribution >= 0.6 is 0 Å². The number of ether oxygens (including phenoxy) is 1. The van der Waals surface area contributed by atoms with Gasteiger partial charge < -0.3 is 10.5 Å². The van der Waals surface area contributed by atoms with E-state index >= 15 is 0 Å². The summed E-state index contributed by atoms with van der Waals surface area (Å²) in [6.45, 7) is 9.10. The molecule has 1 aromatic carbocycles. The molecule has 0 heterocycles. The number of hydrogen-bond acceptors (Lipinski definition) is 2. The first-order valence-electron chi connectivity index (χ1n) is 8.53. The molecule has 4 atom stereocenters. The van der Waals surface area contributed by atoms with Gasteiger partial charge in [-0.05, 0) is 54.7 Å². The summed E-state index contributed by atoms with van der Waals surface area (Å²) < 4.78 is 6.33. The van der Waals surface area contributed by atoms with E-state index in [0.717, 1.165) is 18.1 Å². The fourth-order valence-corrected chi connectivity index (χ4v) is 3.45. The van der Waals surface area contributed by atoms with Crippen LogP contribution in [0.25, 0.3) is 0 Å². The molecule has 0 aliphatic heterocycles. The lowest BCUT2D eigenvalue weighted by Gasteiger charge is -2.37. The van der Waals surface area contributed by atoms with Crippen LogP contribution in [0, 0.1) is 17.8 Å². The monoisotopic (exact) mass is 289 g/mol. The van der Waals surface area contributed by atoms with E-state index in [1.807, 2.05) is 0 Å². The molecule has 0 radical (unpaired) electrons. The van der Waals surface area contributed by atoms with E-state index in [-0.39, 0.29) is 6.04 Å². The lowest BCUT2D eigenvalue weighted by molar-refractivity contribution is 0.0460. The van der Waals surface area contributed by atoms with Gasteiger partial charge >= 0.3 is 0 Å². The summed E-state index contributed by atoms with van der Waals surface area (Å²) in [5.74, 6) is 3.14. The average Bonchev–Trinajstić information content (AvgIpc) is 2.47. The van der Waals surface area contributed by atoms with Crippen molar-refractivity contribution in [2.24, 2.45) is 23.5 Å². The van der Waals surface area contributed by atoms with E-state index in [4.69, 9.17) is 10.5 Å². The largest absolute Gasteiger partial charge is 0.490 e. The standard InChI is InChI=1S/C19H31NO/c1-5-18(20)15-7-9-16(10-8-15)21-19-12-14(4)6-11-17(19)13(2)3/h7-10,13-14,17-19H,5-6,11-12,20H2,1-4H3/t14?,17?,18-,19?/m0/s1. The smallest absolute Gasteiger partial charge is 0.119 e. The normalized spacial score (nSPS) is 27.6. The minimum Gasteiger partial charge on any atom is -0.490 e. The van der Waals surface area contributed by atoms with E-state index in [9.17, 15) is 0 Å². The van der Waals surface area contributed by atoms with Gasteiger partial charge in [-0.15, -0.1) is 0 Å². The Labute approximate surface area is 130 Å². The zero-order valence-electron chi connectivity index (χ0n) is 14.0. The van der Waals surface area contributed by atoms with Gasteiger partial charge in [-0.25, -0.2) is 0 Å². The van der Waals surface area contributed by atoms with Crippen LogP contribution < -0.4 is 10.5 Å². The first-order chi connectivity index (χ1) is 10.0. The summed E-state index contributed by atoms with van der Waals surface area (Å²) >= 11 is 0. The first-order valence-corrected chi connectivity index (χ1v) is 8.53. The van der Waals surface area contributed by atoms with Crippen LogP contribution in [0.15, 0.2) is 24.3 Å². The minimum atomic E-state index is 0.136. The molecule has 1 saturated carbocycles. The molecule has 2 N–H and O–H groups in total. The average molecular weight is 289 g/mol. The number of hydrogen-bond donors (Lipinski definition) is 1. The zero-order valence-corrected chi connectivity index (χ0v) is 14.0. The van der Waals surface area contributed by atoms with Gasteiger partial charge in [0.2, 0.25) is 0 Å². The van der Waals surface area contributed by atoms with Crippen LogP contribution in [-0.4, -0.2) is 6.10 Å². The van der Waals surface area contributed by atoms with Crippen molar-refractivity contribution in [2.45, 2.75) is 65.5 Å². The Morgan fingerprint density at radius 2 is 1.86 bits per heavy atom. The van der Waals surface area contributed by atoms with Gasteiger partial charge in [-0.2, -0.15) is 0 Å². The highest BCUT2D eigenvalue weighted by Crippen LogP contribution is 2.36. The summed E-state index contributed by atoms with van der Waals surface area (Å²) in [5.41, 5.74) is 7.26. The van der Waals surface area contributed by atoms with Gasteiger partial charge in [0.15, 0.2) is 0 Å². The van der Waals surface area contributed by atoms with Gasteiger partial charge in [-0.1, -0.05) is 46.2 Å². The van der Waals surface area contributed by atoms with Gasteiger partial charge in [0.25, 0.3) is 0 Å². The Kier molecular flexibility index (Phi) is 5.69. The molecule has 21 heavy (non-hydrogen) atoms. The van der Waals surface area contributed by atoms with Crippen molar-refractivity contribution < 1.29 is 4.74 Å². The van der Waals surface area contributed by atoms with Gasteiger partial charge in [0.05, 0.1) is 0 Å². The molecule has 2 heteroatoms. The molecule has 0 bridgehead atoms. The lowest BCUT2D eigenvalue weighted by Crippen LogP contribution is -2.36. The Morgan fingerprint density at radius 3 is 2.43 bits per heavy atom. The van der Waals surface area contributed by atoms with Crippen LogP contribution in [0.3, 0.4) is 0 Å². The Bertz CT molecular complexity index is 426. The van der Waals surface area contributed by atoms with Crippen LogP contribution in [0.5, 0.6) is 5.75 Å². The molecule has 1 fully saturated rings. The quantitative estimate of drug-likeness (QED) is 0.833. The molecule has 0 spiro atoms. The second-order valence-corrected chi connectivity index (χ2v) is 7.07. The molecule has 2 rings (SSSR count).